The zero-order valence-electron chi connectivity index (χ0n) is 18.3. The SMILES string of the molecule is C[C@]12CCC(=O)C=C1CC[C@@H]1[C@@H]2CC[C@@]2(C)[C@H]1CC[C@]2(O)C(=O)ON1C(=O)CCC1=O. The number of allylic oxidation sites excluding steroid dienone is 1. The second-order valence-electron chi connectivity index (χ2n) is 10.8. The van der Waals surface area contributed by atoms with E-state index < -0.39 is 28.8 Å². The number of hydroxylamine groups is 2. The molecule has 7 nitrogen and oxygen atoms in total. The van der Waals surface area contributed by atoms with E-state index in [1.165, 1.54) is 5.57 Å². The van der Waals surface area contributed by atoms with Crippen LogP contribution in [0.25, 0.3) is 0 Å². The first-order valence-corrected chi connectivity index (χ1v) is 11.6. The molecule has 0 radical (unpaired) electrons. The number of nitrogens with zero attached hydrogens (tertiary/aromatic N) is 1. The molecule has 5 rings (SSSR count). The van der Waals surface area contributed by atoms with Crippen molar-refractivity contribution >= 4 is 23.6 Å². The Hall–Kier alpha value is -2.02. The van der Waals surface area contributed by atoms with Gasteiger partial charge in [0.05, 0.1) is 0 Å². The summed E-state index contributed by atoms with van der Waals surface area (Å²) in [4.78, 5) is 54.1. The lowest BCUT2D eigenvalue weighted by molar-refractivity contribution is -0.223. The average molecular weight is 430 g/mol. The minimum atomic E-state index is -1.70. The molecule has 1 N–H and O–H groups in total. The molecule has 2 amide bonds. The van der Waals surface area contributed by atoms with Crippen LogP contribution in [0.3, 0.4) is 0 Å². The van der Waals surface area contributed by atoms with Crippen molar-refractivity contribution in [2.45, 2.75) is 83.7 Å². The summed E-state index contributed by atoms with van der Waals surface area (Å²) in [5.41, 5.74) is -1.05. The predicted octanol–water partition coefficient (Wildman–Crippen LogP) is 2.86. The standard InChI is InChI=1S/C24H31NO6/c1-22-10-7-15(26)13-14(22)3-4-16-17(22)8-11-23(2)18(16)9-12-24(23,30)21(29)31-25-19(27)5-6-20(25)28/h13,16-18,30H,3-12H2,1-2H3/t16-,17+,18+,22+,23+,24+/m1/s1. The second kappa shape index (κ2) is 6.74. The summed E-state index contributed by atoms with van der Waals surface area (Å²) in [5.74, 6) is -0.705. The largest absolute Gasteiger partial charge is 0.378 e. The number of ketones is 1. The fourth-order valence-corrected chi connectivity index (χ4v) is 7.73. The Morgan fingerprint density at radius 2 is 1.65 bits per heavy atom. The molecule has 1 saturated heterocycles. The maximum atomic E-state index is 13.1. The van der Waals surface area contributed by atoms with Gasteiger partial charge in [0, 0.05) is 24.7 Å². The molecule has 168 valence electrons. The number of fused-ring (bicyclic) bond motifs is 5. The van der Waals surface area contributed by atoms with E-state index in [0.717, 1.165) is 32.1 Å². The third-order valence-electron chi connectivity index (χ3n) is 9.63. The normalized spacial score (nSPS) is 44.5. The van der Waals surface area contributed by atoms with Crippen LogP contribution in [0.5, 0.6) is 0 Å². The maximum absolute atomic E-state index is 13.1. The highest BCUT2D eigenvalue weighted by Gasteiger charge is 2.67. The lowest BCUT2D eigenvalue weighted by atomic mass is 9.46. The fraction of sp³-hybridized carbons (Fsp3) is 0.750. The number of rotatable bonds is 2. The summed E-state index contributed by atoms with van der Waals surface area (Å²) in [7, 11) is 0. The number of amides is 2. The van der Waals surface area contributed by atoms with Gasteiger partial charge in [0.25, 0.3) is 11.8 Å². The molecule has 1 heterocycles. The van der Waals surface area contributed by atoms with Crippen molar-refractivity contribution in [3.63, 3.8) is 0 Å². The van der Waals surface area contributed by atoms with Gasteiger partial charge in [-0.3, -0.25) is 14.4 Å². The molecule has 4 fully saturated rings. The van der Waals surface area contributed by atoms with E-state index in [4.69, 9.17) is 4.84 Å². The quantitative estimate of drug-likeness (QED) is 0.678. The van der Waals surface area contributed by atoms with E-state index in [0.29, 0.717) is 29.7 Å². The summed E-state index contributed by atoms with van der Waals surface area (Å²) in [5, 5.41) is 12.1. The van der Waals surface area contributed by atoms with Gasteiger partial charge in [-0.15, -0.1) is 5.06 Å². The summed E-state index contributed by atoms with van der Waals surface area (Å²) < 4.78 is 0. The van der Waals surface area contributed by atoms with Crippen LogP contribution in [-0.4, -0.2) is 39.3 Å². The maximum Gasteiger partial charge on any atom is 0.364 e. The summed E-state index contributed by atoms with van der Waals surface area (Å²) in [6, 6.07) is 0. The van der Waals surface area contributed by atoms with Crippen LogP contribution in [0.2, 0.25) is 0 Å². The number of carbonyl (C=O) groups excluding carboxylic acids is 4. The van der Waals surface area contributed by atoms with Gasteiger partial charge < -0.3 is 9.94 Å². The first kappa shape index (κ1) is 20.9. The van der Waals surface area contributed by atoms with Gasteiger partial charge in [0.1, 0.15) is 0 Å². The third-order valence-corrected chi connectivity index (χ3v) is 9.63. The number of aliphatic hydroxyl groups is 1. The van der Waals surface area contributed by atoms with Gasteiger partial charge in [0.15, 0.2) is 11.4 Å². The molecule has 3 saturated carbocycles. The van der Waals surface area contributed by atoms with Crippen LogP contribution in [0.1, 0.15) is 78.1 Å². The average Bonchev–Trinajstić information content (AvgIpc) is 3.20. The molecule has 0 unspecified atom stereocenters. The monoisotopic (exact) mass is 429 g/mol. The topological polar surface area (TPSA) is 101 Å². The van der Waals surface area contributed by atoms with Gasteiger partial charge >= 0.3 is 5.97 Å². The van der Waals surface area contributed by atoms with Crippen molar-refractivity contribution in [1.82, 2.24) is 5.06 Å². The minimum absolute atomic E-state index is 0.0216. The molecular formula is C24H31NO6. The first-order valence-electron chi connectivity index (χ1n) is 11.6. The van der Waals surface area contributed by atoms with E-state index >= 15 is 0 Å². The Balaban J connectivity index is 1.40. The molecule has 7 heteroatoms. The van der Waals surface area contributed by atoms with Crippen molar-refractivity contribution in [3.05, 3.63) is 11.6 Å². The molecule has 6 atom stereocenters. The van der Waals surface area contributed by atoms with E-state index in [2.05, 4.69) is 6.92 Å². The Labute approximate surface area is 182 Å². The van der Waals surface area contributed by atoms with Crippen LogP contribution in [-0.2, 0) is 24.0 Å². The first-order chi connectivity index (χ1) is 14.6. The Kier molecular flexibility index (Phi) is 4.53. The van der Waals surface area contributed by atoms with Crippen LogP contribution < -0.4 is 0 Å². The number of hydrogen-bond donors (Lipinski definition) is 1. The van der Waals surface area contributed by atoms with Crippen molar-refractivity contribution in [2.75, 3.05) is 0 Å². The van der Waals surface area contributed by atoms with Crippen molar-refractivity contribution < 1.29 is 29.1 Å². The third kappa shape index (κ3) is 2.74. The number of carbonyl (C=O) groups is 4. The van der Waals surface area contributed by atoms with Crippen LogP contribution in [0.4, 0.5) is 0 Å². The summed E-state index contributed by atoms with van der Waals surface area (Å²) in [6.45, 7) is 4.28. The Bertz CT molecular complexity index is 894. The molecule has 0 aromatic carbocycles. The Morgan fingerprint density at radius 1 is 0.968 bits per heavy atom. The molecule has 1 aliphatic heterocycles. The highest BCUT2D eigenvalue weighted by Crippen LogP contribution is 2.67. The summed E-state index contributed by atoms with van der Waals surface area (Å²) >= 11 is 0. The fourth-order valence-electron chi connectivity index (χ4n) is 7.73. The van der Waals surface area contributed by atoms with Crippen LogP contribution in [0.15, 0.2) is 11.6 Å². The molecule has 0 bridgehead atoms. The lowest BCUT2D eigenvalue weighted by Crippen LogP contribution is -2.58. The highest BCUT2D eigenvalue weighted by molar-refractivity contribution is 6.02. The second-order valence-corrected chi connectivity index (χ2v) is 10.8. The molecule has 31 heavy (non-hydrogen) atoms. The van der Waals surface area contributed by atoms with E-state index in [9.17, 15) is 24.3 Å². The zero-order chi connectivity index (χ0) is 22.2. The number of imide groups is 1. The minimum Gasteiger partial charge on any atom is -0.378 e. The zero-order valence-corrected chi connectivity index (χ0v) is 18.3. The van der Waals surface area contributed by atoms with E-state index in [-0.39, 0.29) is 36.4 Å². The van der Waals surface area contributed by atoms with Crippen molar-refractivity contribution in [3.8, 4) is 0 Å². The summed E-state index contributed by atoms with van der Waals surface area (Å²) in [6.07, 6.45) is 7.86. The van der Waals surface area contributed by atoms with E-state index in [1.807, 2.05) is 13.0 Å². The van der Waals surface area contributed by atoms with Gasteiger partial charge in [-0.05, 0) is 74.2 Å². The van der Waals surface area contributed by atoms with Crippen LogP contribution in [0, 0.1) is 28.6 Å². The lowest BCUT2D eigenvalue weighted by Gasteiger charge is -2.58. The highest BCUT2D eigenvalue weighted by atomic mass is 16.7. The smallest absolute Gasteiger partial charge is 0.364 e. The van der Waals surface area contributed by atoms with Crippen molar-refractivity contribution in [2.24, 2.45) is 28.6 Å². The molecule has 0 spiro atoms. The van der Waals surface area contributed by atoms with Crippen molar-refractivity contribution in [1.29, 1.82) is 0 Å². The molecule has 4 aliphatic carbocycles. The Morgan fingerprint density at radius 3 is 2.35 bits per heavy atom. The predicted molar refractivity (Wildman–Crippen MR) is 109 cm³/mol. The van der Waals surface area contributed by atoms with Gasteiger partial charge in [-0.1, -0.05) is 19.4 Å². The van der Waals surface area contributed by atoms with Gasteiger partial charge in [0.2, 0.25) is 0 Å². The van der Waals surface area contributed by atoms with Gasteiger partial charge in [-0.2, -0.15) is 0 Å². The molecule has 5 aliphatic rings. The molecule has 0 aromatic rings. The van der Waals surface area contributed by atoms with Crippen LogP contribution >= 0.6 is 0 Å². The molecule has 0 aromatic heterocycles. The van der Waals surface area contributed by atoms with Gasteiger partial charge in [-0.25, -0.2) is 4.79 Å². The van der Waals surface area contributed by atoms with E-state index in [1.54, 1.807) is 0 Å². The molecular weight excluding hydrogens is 398 g/mol. The number of hydrogen-bond acceptors (Lipinski definition) is 6.